The van der Waals surface area contributed by atoms with E-state index < -0.39 is 29.6 Å². The second-order valence-electron chi connectivity index (χ2n) is 11.5. The Morgan fingerprint density at radius 3 is 2.27 bits per heavy atom. The minimum absolute atomic E-state index is 0. The number of ether oxygens (including phenoxy) is 3. The molecular weight excluding hydrogens is 646 g/mol. The summed E-state index contributed by atoms with van der Waals surface area (Å²) in [5, 5.41) is 17.1. The number of amides is 2. The first-order chi connectivity index (χ1) is 21.0. The van der Waals surface area contributed by atoms with Crippen molar-refractivity contribution in [2.75, 3.05) is 26.2 Å². The highest BCUT2D eigenvalue weighted by molar-refractivity contribution is 8.93. The Morgan fingerprint density at radius 1 is 0.978 bits per heavy atom. The van der Waals surface area contributed by atoms with Crippen molar-refractivity contribution in [3.05, 3.63) is 54.1 Å². The molecule has 2 aromatic rings. The van der Waals surface area contributed by atoms with Crippen LogP contribution >= 0.6 is 17.0 Å². The number of halogens is 1. The van der Waals surface area contributed by atoms with Crippen molar-refractivity contribution in [1.82, 2.24) is 15.5 Å². The lowest BCUT2D eigenvalue weighted by molar-refractivity contribution is -0.140. The number of aliphatic hydroxyl groups excluding tert-OH is 1. The maximum absolute atomic E-state index is 13.1. The van der Waals surface area contributed by atoms with E-state index in [4.69, 9.17) is 14.2 Å². The molecule has 2 amide bonds. The van der Waals surface area contributed by atoms with Gasteiger partial charge in [-0.25, -0.2) is 0 Å². The number of hydrogen-bond donors (Lipinski definition) is 3. The molecule has 248 valence electrons. The Morgan fingerprint density at radius 2 is 1.62 bits per heavy atom. The number of β-amino-alcohol motifs (C(OH)–C–C–N with tert-alkyl or cyclic N) is 1. The number of para-hydroxylation sites is 1. The summed E-state index contributed by atoms with van der Waals surface area (Å²) in [4.78, 5) is 51.7. The van der Waals surface area contributed by atoms with Gasteiger partial charge in [0.15, 0.2) is 18.1 Å². The van der Waals surface area contributed by atoms with Crippen molar-refractivity contribution in [1.29, 1.82) is 0 Å². The van der Waals surface area contributed by atoms with Crippen LogP contribution in [-0.4, -0.2) is 71.6 Å². The van der Waals surface area contributed by atoms with Crippen LogP contribution < -0.4 is 24.8 Å². The Bertz CT molecular complexity index is 1270. The van der Waals surface area contributed by atoms with Crippen LogP contribution in [0.3, 0.4) is 0 Å². The highest BCUT2D eigenvalue weighted by Gasteiger charge is 2.35. The van der Waals surface area contributed by atoms with Gasteiger partial charge in [0, 0.05) is 38.0 Å². The second-order valence-corrected chi connectivity index (χ2v) is 11.5. The molecule has 3 rings (SSSR count). The molecule has 1 aliphatic rings. The lowest BCUT2D eigenvalue weighted by atomic mass is 10.0. The van der Waals surface area contributed by atoms with E-state index >= 15 is 0 Å². The molecular formula is C33H46BrN3O8. The highest BCUT2D eigenvalue weighted by Crippen LogP contribution is 2.32. The highest BCUT2D eigenvalue weighted by atomic mass is 79.9. The van der Waals surface area contributed by atoms with Gasteiger partial charge in [-0.15, -0.1) is 17.0 Å². The summed E-state index contributed by atoms with van der Waals surface area (Å²) in [7, 11) is 0. The molecule has 0 saturated carbocycles. The third kappa shape index (κ3) is 12.1. The number of nitrogens with one attached hydrogen (secondary N) is 2. The van der Waals surface area contributed by atoms with E-state index in [2.05, 4.69) is 10.6 Å². The number of carbonyl (C=O) groups is 4. The smallest absolute Gasteiger partial charge is 0.311 e. The molecule has 45 heavy (non-hydrogen) atoms. The number of rotatable bonds is 16. The first-order valence-corrected chi connectivity index (χ1v) is 15.3. The summed E-state index contributed by atoms with van der Waals surface area (Å²) >= 11 is 0. The van der Waals surface area contributed by atoms with Crippen LogP contribution in [0.5, 0.6) is 17.2 Å². The van der Waals surface area contributed by atoms with E-state index in [0.29, 0.717) is 37.1 Å². The minimum atomic E-state index is -0.985. The number of nitrogens with zero attached hydrogens (tertiary/aromatic N) is 1. The molecule has 0 radical (unpaired) electrons. The quantitative estimate of drug-likeness (QED) is 0.174. The topological polar surface area (TPSA) is 144 Å². The van der Waals surface area contributed by atoms with E-state index in [1.165, 1.54) is 12.1 Å². The second kappa shape index (κ2) is 18.5. The lowest BCUT2D eigenvalue weighted by Crippen LogP contribution is -2.54. The van der Waals surface area contributed by atoms with E-state index in [1.807, 2.05) is 45.9 Å². The summed E-state index contributed by atoms with van der Waals surface area (Å²) in [5.41, 5.74) is -0.142. The van der Waals surface area contributed by atoms with Gasteiger partial charge in [0.25, 0.3) is 5.91 Å². The van der Waals surface area contributed by atoms with Crippen LogP contribution in [0.1, 0.15) is 77.9 Å². The Kier molecular flexibility index (Phi) is 15.5. The zero-order chi connectivity index (χ0) is 32.1. The number of aliphatic hydroxyl groups is 1. The van der Waals surface area contributed by atoms with Crippen molar-refractivity contribution in [2.24, 2.45) is 0 Å². The summed E-state index contributed by atoms with van der Waals surface area (Å²) in [5.74, 6) is -0.601. The van der Waals surface area contributed by atoms with Crippen molar-refractivity contribution in [2.45, 2.75) is 83.9 Å². The minimum Gasteiger partial charge on any atom is -0.484 e. The fourth-order valence-electron chi connectivity index (χ4n) is 4.71. The molecule has 11 nitrogen and oxygen atoms in total. The van der Waals surface area contributed by atoms with E-state index in [1.54, 1.807) is 23.1 Å². The van der Waals surface area contributed by atoms with Gasteiger partial charge in [-0.3, -0.25) is 19.2 Å². The van der Waals surface area contributed by atoms with Gasteiger partial charge in [0.2, 0.25) is 5.91 Å². The van der Waals surface area contributed by atoms with Crippen LogP contribution in [0.2, 0.25) is 0 Å². The molecule has 2 aromatic carbocycles. The molecule has 1 heterocycles. The molecule has 1 aliphatic heterocycles. The molecule has 12 heteroatoms. The van der Waals surface area contributed by atoms with E-state index in [0.717, 1.165) is 6.42 Å². The Labute approximate surface area is 275 Å². The van der Waals surface area contributed by atoms with Crippen LogP contribution in [0.15, 0.2) is 48.5 Å². The first-order valence-electron chi connectivity index (χ1n) is 15.3. The van der Waals surface area contributed by atoms with Crippen LogP contribution in [0.25, 0.3) is 0 Å². The predicted molar refractivity (Wildman–Crippen MR) is 175 cm³/mol. The predicted octanol–water partition coefficient (Wildman–Crippen LogP) is 4.26. The first kappa shape index (κ1) is 37.7. The maximum Gasteiger partial charge on any atom is 0.311 e. The van der Waals surface area contributed by atoms with Crippen LogP contribution in [0, 0.1) is 0 Å². The molecule has 3 N–H and O–H groups in total. The summed E-state index contributed by atoms with van der Waals surface area (Å²) in [6.45, 7) is 8.23. The van der Waals surface area contributed by atoms with Gasteiger partial charge in [-0.1, -0.05) is 38.1 Å². The van der Waals surface area contributed by atoms with Gasteiger partial charge in [-0.2, -0.15) is 0 Å². The van der Waals surface area contributed by atoms with Crippen molar-refractivity contribution >= 4 is 40.7 Å². The molecule has 2 atom stereocenters. The van der Waals surface area contributed by atoms with E-state index in [-0.39, 0.29) is 72.8 Å². The molecule has 0 aliphatic carbocycles. The molecule has 1 unspecified atom stereocenters. The SMILES string of the molecule is Br.CCCC(=O)Oc1ccc(C(O)CNC(C)(C)CNC(=O)[C@@H]2CCCN2C(=O)COc2ccccc2)cc1OC(=O)CCC. The molecule has 0 spiro atoms. The van der Waals surface area contributed by atoms with Gasteiger partial charge >= 0.3 is 11.9 Å². The number of carbonyl (C=O) groups excluding carboxylic acids is 4. The van der Waals surface area contributed by atoms with Gasteiger partial charge in [0.05, 0.1) is 6.10 Å². The van der Waals surface area contributed by atoms with Crippen molar-refractivity contribution in [3.8, 4) is 17.2 Å². The molecule has 1 saturated heterocycles. The number of benzene rings is 2. The Balaban J connectivity index is 0.00000705. The molecule has 0 aromatic heterocycles. The van der Waals surface area contributed by atoms with Crippen molar-refractivity contribution < 1.29 is 38.5 Å². The summed E-state index contributed by atoms with van der Waals surface area (Å²) < 4.78 is 16.4. The van der Waals surface area contributed by atoms with Gasteiger partial charge < -0.3 is 34.9 Å². The third-order valence-electron chi connectivity index (χ3n) is 7.17. The monoisotopic (exact) mass is 691 g/mol. The third-order valence-corrected chi connectivity index (χ3v) is 7.17. The maximum atomic E-state index is 13.1. The molecule has 1 fully saturated rings. The molecule has 0 bridgehead atoms. The summed E-state index contributed by atoms with van der Waals surface area (Å²) in [6, 6.07) is 13.1. The largest absolute Gasteiger partial charge is 0.484 e. The van der Waals surface area contributed by atoms with E-state index in [9.17, 15) is 24.3 Å². The number of likely N-dealkylation sites (tertiary alicyclic amines) is 1. The zero-order valence-electron chi connectivity index (χ0n) is 26.5. The zero-order valence-corrected chi connectivity index (χ0v) is 28.2. The Hall–Kier alpha value is -3.48. The lowest BCUT2D eigenvalue weighted by Gasteiger charge is -2.30. The number of esters is 2. The average molecular weight is 693 g/mol. The van der Waals surface area contributed by atoms with Gasteiger partial charge in [-0.05, 0) is 69.4 Å². The van der Waals surface area contributed by atoms with Gasteiger partial charge in [0.1, 0.15) is 11.8 Å². The standard InChI is InChI=1S/C33H45N3O8.BrH/c1-5-11-30(39)43-27-17-16-23(19-28(27)44-31(40)12-6-2)26(37)20-35-33(3,4)22-34-32(41)25-15-10-18-36(25)29(38)21-42-24-13-8-7-9-14-24;/h7-9,13-14,16-17,19,25-26,35,37H,5-6,10-12,15,18,20-22H2,1-4H3,(H,34,41);1H/t25-,26?;/m0./s1. The normalized spacial score (nSPS) is 15.0. The number of hydrogen-bond acceptors (Lipinski definition) is 9. The summed E-state index contributed by atoms with van der Waals surface area (Å²) in [6.07, 6.45) is 1.95. The van der Waals surface area contributed by atoms with Crippen LogP contribution in [-0.2, 0) is 19.2 Å². The average Bonchev–Trinajstić information content (AvgIpc) is 3.50. The van der Waals surface area contributed by atoms with Crippen molar-refractivity contribution in [3.63, 3.8) is 0 Å². The fourth-order valence-corrected chi connectivity index (χ4v) is 4.71. The van der Waals surface area contributed by atoms with Crippen LogP contribution in [0.4, 0.5) is 0 Å². The fraction of sp³-hybridized carbons (Fsp3) is 0.515.